The third-order valence-electron chi connectivity index (χ3n) is 3.94. The number of rotatable bonds is 7. The highest BCUT2D eigenvalue weighted by Crippen LogP contribution is 2.30. The fourth-order valence-electron chi connectivity index (χ4n) is 2.52. The van der Waals surface area contributed by atoms with Crippen molar-refractivity contribution in [3.05, 3.63) is 36.4 Å². The molecule has 0 saturated carbocycles. The van der Waals surface area contributed by atoms with E-state index in [1.165, 1.54) is 6.07 Å². The molecule has 2 unspecified atom stereocenters. The fraction of sp³-hybridized carbons (Fsp3) is 0.312. The van der Waals surface area contributed by atoms with E-state index in [-0.39, 0.29) is 17.7 Å². The number of hydrogen-bond acceptors (Lipinski definition) is 6. The molecule has 2 aromatic carbocycles. The van der Waals surface area contributed by atoms with Gasteiger partial charge in [-0.05, 0) is 31.4 Å². The molecule has 2 aromatic rings. The minimum atomic E-state index is -3.77. The lowest BCUT2D eigenvalue weighted by molar-refractivity contribution is -0.138. The zero-order chi connectivity index (χ0) is 17.9. The quantitative estimate of drug-likeness (QED) is 0.545. The maximum absolute atomic E-state index is 12.8. The van der Waals surface area contributed by atoms with Gasteiger partial charge in [-0.3, -0.25) is 4.79 Å². The molecule has 24 heavy (non-hydrogen) atoms. The largest absolute Gasteiger partial charge is 0.480 e. The number of nitrogen functional groups attached to an aromatic ring is 1. The van der Waals surface area contributed by atoms with Crippen LogP contribution < -0.4 is 17.2 Å². The molecule has 0 spiro atoms. The van der Waals surface area contributed by atoms with Crippen LogP contribution in [0.5, 0.6) is 0 Å². The van der Waals surface area contributed by atoms with Gasteiger partial charge in [-0.25, -0.2) is 8.42 Å². The molecule has 0 saturated heterocycles. The van der Waals surface area contributed by atoms with Gasteiger partial charge in [0.25, 0.3) is 0 Å². The molecule has 7 N–H and O–H groups in total. The fourth-order valence-corrected chi connectivity index (χ4v) is 4.07. The van der Waals surface area contributed by atoms with Crippen LogP contribution in [0, 0.1) is 0 Å². The average Bonchev–Trinajstić information content (AvgIpc) is 2.54. The summed E-state index contributed by atoms with van der Waals surface area (Å²) in [6.07, 6.45) is 0.601. The van der Waals surface area contributed by atoms with Crippen LogP contribution in [0.15, 0.2) is 41.3 Å². The van der Waals surface area contributed by atoms with Gasteiger partial charge in [-0.15, -0.1) is 0 Å². The Hall–Kier alpha value is -2.16. The molecule has 2 atom stereocenters. The molecular weight excluding hydrogens is 330 g/mol. The van der Waals surface area contributed by atoms with Crippen molar-refractivity contribution in [3.63, 3.8) is 0 Å². The number of aliphatic carboxylic acids is 1. The predicted octanol–water partition coefficient (Wildman–Crippen LogP) is 1.06. The Morgan fingerprint density at radius 1 is 1.04 bits per heavy atom. The number of hydrogen-bond donors (Lipinski definition) is 4. The normalized spacial score (nSPS) is 14.4. The van der Waals surface area contributed by atoms with E-state index in [0.29, 0.717) is 22.9 Å². The monoisotopic (exact) mass is 351 g/mol. The lowest BCUT2D eigenvalue weighted by atomic mass is 10.1. The van der Waals surface area contributed by atoms with Gasteiger partial charge in [-0.2, -0.15) is 0 Å². The predicted molar refractivity (Wildman–Crippen MR) is 93.0 cm³/mol. The number of carboxylic acids is 1. The van der Waals surface area contributed by atoms with Crippen molar-refractivity contribution in [3.8, 4) is 0 Å². The second-order valence-electron chi connectivity index (χ2n) is 5.66. The van der Waals surface area contributed by atoms with Gasteiger partial charge in [0, 0.05) is 16.5 Å². The van der Waals surface area contributed by atoms with Crippen LogP contribution in [-0.2, 0) is 14.6 Å². The number of fused-ring (bicyclic) bond motifs is 1. The summed E-state index contributed by atoms with van der Waals surface area (Å²) in [4.78, 5) is 10.8. The minimum absolute atomic E-state index is 0.127. The lowest BCUT2D eigenvalue weighted by Gasteiger charge is -2.16. The Morgan fingerprint density at radius 2 is 1.67 bits per heavy atom. The van der Waals surface area contributed by atoms with E-state index < -0.39 is 27.2 Å². The van der Waals surface area contributed by atoms with Crippen molar-refractivity contribution in [1.29, 1.82) is 0 Å². The summed E-state index contributed by atoms with van der Waals surface area (Å²) < 4.78 is 25.5. The molecule has 0 aliphatic heterocycles. The SMILES string of the molecule is Nc1ccc(S(=O)(=O)C(N)CCCC(N)C(=O)O)c2ccccc12. The van der Waals surface area contributed by atoms with Crippen molar-refractivity contribution in [1.82, 2.24) is 0 Å². The summed E-state index contributed by atoms with van der Waals surface area (Å²) in [5.41, 5.74) is 17.7. The highest BCUT2D eigenvalue weighted by atomic mass is 32.2. The van der Waals surface area contributed by atoms with E-state index in [9.17, 15) is 13.2 Å². The highest BCUT2D eigenvalue weighted by Gasteiger charge is 2.26. The first-order valence-corrected chi connectivity index (χ1v) is 9.05. The molecular formula is C16H21N3O4S. The van der Waals surface area contributed by atoms with Gasteiger partial charge in [0.15, 0.2) is 9.84 Å². The van der Waals surface area contributed by atoms with E-state index in [1.807, 2.05) is 0 Å². The topological polar surface area (TPSA) is 150 Å². The van der Waals surface area contributed by atoms with Gasteiger partial charge in [0.1, 0.15) is 11.4 Å². The van der Waals surface area contributed by atoms with Gasteiger partial charge in [-0.1, -0.05) is 24.3 Å². The molecule has 0 aliphatic carbocycles. The Labute approximate surface area is 140 Å². The second-order valence-corrected chi connectivity index (χ2v) is 7.79. The van der Waals surface area contributed by atoms with Gasteiger partial charge in [0.2, 0.25) is 0 Å². The summed E-state index contributed by atoms with van der Waals surface area (Å²) in [6.45, 7) is 0. The molecule has 2 rings (SSSR count). The Kier molecular flexibility index (Phi) is 5.43. The van der Waals surface area contributed by atoms with Crippen LogP contribution in [-0.4, -0.2) is 30.9 Å². The number of benzene rings is 2. The van der Waals surface area contributed by atoms with Crippen LogP contribution in [0.1, 0.15) is 19.3 Å². The van der Waals surface area contributed by atoms with Crippen molar-refractivity contribution in [2.24, 2.45) is 11.5 Å². The number of carbonyl (C=O) groups is 1. The van der Waals surface area contributed by atoms with Crippen molar-refractivity contribution < 1.29 is 18.3 Å². The molecule has 130 valence electrons. The van der Waals surface area contributed by atoms with Crippen LogP contribution in [0.3, 0.4) is 0 Å². The van der Waals surface area contributed by atoms with Crippen LogP contribution in [0.2, 0.25) is 0 Å². The summed E-state index contributed by atoms with van der Waals surface area (Å²) in [5.74, 6) is -1.11. The van der Waals surface area contributed by atoms with Gasteiger partial charge in [0.05, 0.1) is 4.90 Å². The summed E-state index contributed by atoms with van der Waals surface area (Å²) in [5, 5.41) is 8.78. The molecule has 0 heterocycles. The summed E-state index contributed by atoms with van der Waals surface area (Å²) in [6, 6.07) is 8.93. The van der Waals surface area contributed by atoms with Crippen molar-refractivity contribution >= 4 is 32.3 Å². The standard InChI is InChI=1S/C16H21N3O4S/c17-12-8-9-14(11-5-2-1-4-10(11)12)24(22,23)15(19)7-3-6-13(18)16(20)21/h1-2,4-5,8-9,13,15H,3,6-7,17-19H2,(H,20,21). The first-order valence-electron chi connectivity index (χ1n) is 7.50. The zero-order valence-corrected chi connectivity index (χ0v) is 13.9. The molecule has 0 fully saturated rings. The number of anilines is 1. The molecule has 8 heteroatoms. The highest BCUT2D eigenvalue weighted by molar-refractivity contribution is 7.92. The van der Waals surface area contributed by atoms with Gasteiger partial charge >= 0.3 is 5.97 Å². The Balaban J connectivity index is 2.24. The summed E-state index contributed by atoms with van der Waals surface area (Å²) >= 11 is 0. The van der Waals surface area contributed by atoms with Crippen molar-refractivity contribution in [2.45, 2.75) is 35.6 Å². The maximum Gasteiger partial charge on any atom is 0.320 e. The molecule has 0 amide bonds. The Morgan fingerprint density at radius 3 is 2.29 bits per heavy atom. The Bertz CT molecular complexity index is 852. The van der Waals surface area contributed by atoms with Crippen LogP contribution in [0.4, 0.5) is 5.69 Å². The first kappa shape index (κ1) is 18.2. The smallest absolute Gasteiger partial charge is 0.320 e. The second kappa shape index (κ2) is 7.16. The molecule has 0 aliphatic rings. The maximum atomic E-state index is 12.8. The van der Waals surface area contributed by atoms with E-state index in [0.717, 1.165) is 0 Å². The third-order valence-corrected chi connectivity index (χ3v) is 5.95. The minimum Gasteiger partial charge on any atom is -0.480 e. The third kappa shape index (κ3) is 3.66. The van der Waals surface area contributed by atoms with E-state index in [1.54, 1.807) is 30.3 Å². The molecule has 0 bridgehead atoms. The van der Waals surface area contributed by atoms with Crippen LogP contribution in [0.25, 0.3) is 10.8 Å². The zero-order valence-electron chi connectivity index (χ0n) is 13.1. The van der Waals surface area contributed by atoms with Crippen LogP contribution >= 0.6 is 0 Å². The van der Waals surface area contributed by atoms with Gasteiger partial charge < -0.3 is 22.3 Å². The van der Waals surface area contributed by atoms with E-state index in [4.69, 9.17) is 22.3 Å². The molecule has 0 radical (unpaired) electrons. The number of nitrogens with two attached hydrogens (primary N) is 3. The number of carboxylic acid groups (broad SMARTS) is 1. The number of sulfone groups is 1. The average molecular weight is 351 g/mol. The molecule has 0 aromatic heterocycles. The first-order chi connectivity index (χ1) is 11.2. The lowest BCUT2D eigenvalue weighted by Crippen LogP contribution is -2.33. The molecule has 7 nitrogen and oxygen atoms in total. The van der Waals surface area contributed by atoms with E-state index in [2.05, 4.69) is 0 Å². The van der Waals surface area contributed by atoms with Crippen molar-refractivity contribution in [2.75, 3.05) is 5.73 Å². The summed E-state index contributed by atoms with van der Waals surface area (Å²) in [7, 11) is -3.77. The van der Waals surface area contributed by atoms with E-state index >= 15 is 0 Å².